The first-order valence-corrected chi connectivity index (χ1v) is 9.57. The van der Waals surface area contributed by atoms with Crippen molar-refractivity contribution in [3.8, 4) is 0 Å². The summed E-state index contributed by atoms with van der Waals surface area (Å²) in [5.41, 5.74) is -0.0295. The second kappa shape index (κ2) is 9.60. The minimum absolute atomic E-state index is 0.0523. The highest BCUT2D eigenvalue weighted by Gasteiger charge is 2.19. The lowest BCUT2D eigenvalue weighted by atomic mass is 10.1. The van der Waals surface area contributed by atoms with Crippen molar-refractivity contribution in [2.24, 2.45) is 0 Å². The molecule has 1 N–H and O–H groups in total. The third-order valence-electron chi connectivity index (χ3n) is 4.41. The molecular formula is C22H21N3O5. The molecule has 1 heterocycles. The summed E-state index contributed by atoms with van der Waals surface area (Å²) in [5, 5.41) is 7.01. The van der Waals surface area contributed by atoms with Gasteiger partial charge in [-0.15, -0.1) is 0 Å². The summed E-state index contributed by atoms with van der Waals surface area (Å²) in [6.45, 7) is 1.70. The maximum absolute atomic E-state index is 12.6. The molecule has 0 aliphatic rings. The highest BCUT2D eigenvalue weighted by atomic mass is 16.5. The number of rotatable bonds is 7. The van der Waals surface area contributed by atoms with Gasteiger partial charge in [-0.1, -0.05) is 49.7 Å². The van der Waals surface area contributed by atoms with E-state index in [0.29, 0.717) is 22.9 Å². The van der Waals surface area contributed by atoms with E-state index in [-0.39, 0.29) is 11.3 Å². The molecule has 3 aromatic rings. The van der Waals surface area contributed by atoms with Gasteiger partial charge in [0.1, 0.15) is 0 Å². The van der Waals surface area contributed by atoms with Gasteiger partial charge in [-0.3, -0.25) is 19.7 Å². The molecule has 0 fully saturated rings. The van der Waals surface area contributed by atoms with Gasteiger partial charge >= 0.3 is 5.97 Å². The van der Waals surface area contributed by atoms with Crippen LogP contribution in [0.2, 0.25) is 0 Å². The monoisotopic (exact) mass is 407 g/mol. The van der Waals surface area contributed by atoms with Crippen molar-refractivity contribution in [1.29, 1.82) is 0 Å². The fraction of sp³-hybridized carbons (Fsp3) is 0.227. The Hall–Kier alpha value is -3.81. The van der Waals surface area contributed by atoms with Crippen LogP contribution in [0.25, 0.3) is 10.8 Å². The maximum Gasteiger partial charge on any atom is 0.359 e. The zero-order chi connectivity index (χ0) is 21.5. The average molecular weight is 407 g/mol. The third kappa shape index (κ3) is 4.78. The van der Waals surface area contributed by atoms with Crippen LogP contribution in [-0.2, 0) is 16.1 Å². The lowest BCUT2D eigenvalue weighted by Gasteiger charge is -2.10. The summed E-state index contributed by atoms with van der Waals surface area (Å²) in [4.78, 5) is 49.2. The fourth-order valence-corrected chi connectivity index (χ4v) is 2.87. The van der Waals surface area contributed by atoms with Crippen LogP contribution in [-0.4, -0.2) is 34.2 Å². The van der Waals surface area contributed by atoms with Gasteiger partial charge in [0.15, 0.2) is 12.3 Å². The number of hydrogen-bond donors (Lipinski definition) is 1. The number of aryl methyl sites for hydroxylation is 1. The van der Waals surface area contributed by atoms with Gasteiger partial charge in [0.2, 0.25) is 0 Å². The first kappa shape index (κ1) is 20.9. The van der Waals surface area contributed by atoms with Crippen LogP contribution in [0.3, 0.4) is 0 Å². The van der Waals surface area contributed by atoms with Crippen molar-refractivity contribution in [2.75, 3.05) is 6.61 Å². The molecule has 0 saturated carbocycles. The quantitative estimate of drug-likeness (QED) is 0.602. The van der Waals surface area contributed by atoms with Gasteiger partial charge in [-0.2, -0.15) is 5.10 Å². The highest BCUT2D eigenvalue weighted by molar-refractivity contribution is 6.06. The number of hydrogen-bond acceptors (Lipinski definition) is 6. The van der Waals surface area contributed by atoms with E-state index >= 15 is 0 Å². The first-order chi connectivity index (χ1) is 14.5. The second-order valence-corrected chi connectivity index (χ2v) is 6.60. The molecule has 2 aromatic carbocycles. The standard InChI is InChI=1S/C22H21N3O5/c1-2-3-13-25-21(28)17-12-8-7-11-16(17)19(24-25)22(29)30-14-18(26)23-20(27)15-9-5-4-6-10-15/h4-12H,2-3,13-14H2,1H3,(H,23,26,27). The van der Waals surface area contributed by atoms with Crippen molar-refractivity contribution in [3.63, 3.8) is 0 Å². The fourth-order valence-electron chi connectivity index (χ4n) is 2.87. The zero-order valence-corrected chi connectivity index (χ0v) is 16.5. The Morgan fingerprint density at radius 2 is 1.67 bits per heavy atom. The Balaban J connectivity index is 1.74. The third-order valence-corrected chi connectivity index (χ3v) is 4.41. The van der Waals surface area contributed by atoms with Crippen LogP contribution >= 0.6 is 0 Å². The number of esters is 1. The van der Waals surface area contributed by atoms with E-state index in [1.165, 1.54) is 4.68 Å². The van der Waals surface area contributed by atoms with E-state index in [2.05, 4.69) is 10.4 Å². The van der Waals surface area contributed by atoms with E-state index in [9.17, 15) is 19.2 Å². The average Bonchev–Trinajstić information content (AvgIpc) is 2.77. The number of amides is 2. The summed E-state index contributed by atoms with van der Waals surface area (Å²) in [5.74, 6) is -2.20. The number of carbonyl (C=O) groups excluding carboxylic acids is 3. The van der Waals surface area contributed by atoms with E-state index in [1.807, 2.05) is 6.92 Å². The van der Waals surface area contributed by atoms with Crippen LogP contribution in [0.1, 0.15) is 40.6 Å². The van der Waals surface area contributed by atoms with Crippen molar-refractivity contribution >= 4 is 28.6 Å². The van der Waals surface area contributed by atoms with Crippen LogP contribution < -0.4 is 10.9 Å². The molecule has 30 heavy (non-hydrogen) atoms. The van der Waals surface area contributed by atoms with E-state index < -0.39 is 24.4 Å². The number of aromatic nitrogens is 2. The van der Waals surface area contributed by atoms with Gasteiger partial charge in [0.25, 0.3) is 17.4 Å². The van der Waals surface area contributed by atoms with Gasteiger partial charge < -0.3 is 4.74 Å². The molecule has 154 valence electrons. The Kier molecular flexibility index (Phi) is 6.69. The molecular weight excluding hydrogens is 386 g/mol. The Morgan fingerprint density at radius 3 is 2.37 bits per heavy atom. The Bertz CT molecular complexity index is 1140. The molecule has 0 unspecified atom stereocenters. The number of nitrogens with one attached hydrogen (secondary N) is 1. The number of unbranched alkanes of at least 4 members (excludes halogenated alkanes) is 1. The number of carbonyl (C=O) groups is 3. The molecule has 0 bridgehead atoms. The van der Waals surface area contributed by atoms with Crippen LogP contribution in [0, 0.1) is 0 Å². The second-order valence-electron chi connectivity index (χ2n) is 6.60. The molecule has 0 radical (unpaired) electrons. The highest BCUT2D eigenvalue weighted by Crippen LogP contribution is 2.14. The van der Waals surface area contributed by atoms with Crippen LogP contribution in [0.15, 0.2) is 59.4 Å². The van der Waals surface area contributed by atoms with Crippen LogP contribution in [0.4, 0.5) is 0 Å². The molecule has 0 aliphatic heterocycles. The van der Waals surface area contributed by atoms with E-state index in [4.69, 9.17) is 4.74 Å². The summed E-state index contributed by atoms with van der Waals surface area (Å²) >= 11 is 0. The number of ether oxygens (including phenoxy) is 1. The topological polar surface area (TPSA) is 107 Å². The van der Waals surface area contributed by atoms with Gasteiger partial charge in [0, 0.05) is 17.5 Å². The molecule has 0 spiro atoms. The van der Waals surface area contributed by atoms with Crippen molar-refractivity contribution in [3.05, 3.63) is 76.2 Å². The largest absolute Gasteiger partial charge is 0.451 e. The summed E-state index contributed by atoms with van der Waals surface area (Å²) in [6.07, 6.45) is 1.58. The predicted molar refractivity (Wildman–Crippen MR) is 110 cm³/mol. The zero-order valence-electron chi connectivity index (χ0n) is 16.5. The minimum Gasteiger partial charge on any atom is -0.451 e. The predicted octanol–water partition coefficient (Wildman–Crippen LogP) is 2.31. The molecule has 3 rings (SSSR count). The van der Waals surface area contributed by atoms with Crippen molar-refractivity contribution < 1.29 is 19.1 Å². The SMILES string of the molecule is CCCCn1nc(C(=O)OCC(=O)NC(=O)c2ccccc2)c2ccccc2c1=O. The van der Waals surface area contributed by atoms with Gasteiger partial charge in [0.05, 0.1) is 5.39 Å². The normalized spacial score (nSPS) is 10.6. The molecule has 2 amide bonds. The molecule has 0 atom stereocenters. The molecule has 1 aromatic heterocycles. The molecule has 8 nitrogen and oxygen atoms in total. The molecule has 0 aliphatic carbocycles. The van der Waals surface area contributed by atoms with Crippen molar-refractivity contribution in [2.45, 2.75) is 26.3 Å². The number of nitrogens with zero attached hydrogens (tertiary/aromatic N) is 2. The van der Waals surface area contributed by atoms with Crippen molar-refractivity contribution in [1.82, 2.24) is 15.1 Å². The van der Waals surface area contributed by atoms with Gasteiger partial charge in [-0.25, -0.2) is 9.48 Å². The maximum atomic E-state index is 12.6. The summed E-state index contributed by atoms with van der Waals surface area (Å²) in [7, 11) is 0. The smallest absolute Gasteiger partial charge is 0.359 e. The number of fused-ring (bicyclic) bond motifs is 1. The molecule has 0 saturated heterocycles. The number of imide groups is 1. The molecule has 8 heteroatoms. The summed E-state index contributed by atoms with van der Waals surface area (Å²) in [6, 6.07) is 14.8. The Morgan fingerprint density at radius 1 is 1.00 bits per heavy atom. The minimum atomic E-state index is -0.848. The Labute approximate surface area is 172 Å². The van der Waals surface area contributed by atoms with Crippen LogP contribution in [0.5, 0.6) is 0 Å². The number of benzene rings is 2. The lowest BCUT2D eigenvalue weighted by molar-refractivity contribution is -0.123. The first-order valence-electron chi connectivity index (χ1n) is 9.57. The lowest BCUT2D eigenvalue weighted by Crippen LogP contribution is -2.34. The van der Waals surface area contributed by atoms with E-state index in [1.54, 1.807) is 54.6 Å². The summed E-state index contributed by atoms with van der Waals surface area (Å²) < 4.78 is 6.29. The van der Waals surface area contributed by atoms with Gasteiger partial charge in [-0.05, 0) is 24.6 Å². The van der Waals surface area contributed by atoms with E-state index in [0.717, 1.165) is 12.8 Å².